The zero-order chi connectivity index (χ0) is 13.5. The number of hydrogen-bond donors (Lipinski definition) is 3. The van der Waals surface area contributed by atoms with Gasteiger partial charge in [-0.25, -0.2) is 4.79 Å². The number of carbonyl (C=O) groups is 1. The molecule has 4 nitrogen and oxygen atoms in total. The fourth-order valence-electron chi connectivity index (χ4n) is 1.53. The van der Waals surface area contributed by atoms with E-state index in [1.165, 1.54) is 0 Å². The zero-order valence-corrected chi connectivity index (χ0v) is 11.8. The average Bonchev–Trinajstić information content (AvgIpc) is 2.32. The quantitative estimate of drug-likeness (QED) is 0.770. The SMILES string of the molecule is CNCC(C)CNC(=O)Nc1ccc(C)c(Cl)c1. The molecule has 0 spiro atoms. The van der Waals surface area contributed by atoms with E-state index < -0.39 is 0 Å². The summed E-state index contributed by atoms with van der Waals surface area (Å²) in [5, 5.41) is 9.28. The number of carbonyl (C=O) groups excluding carboxylic acids is 1. The van der Waals surface area contributed by atoms with E-state index in [1.807, 2.05) is 26.1 Å². The molecule has 0 bridgehead atoms. The summed E-state index contributed by atoms with van der Waals surface area (Å²) in [5.74, 6) is 0.391. The molecule has 1 unspecified atom stereocenters. The summed E-state index contributed by atoms with van der Waals surface area (Å²) in [6.07, 6.45) is 0. The lowest BCUT2D eigenvalue weighted by Crippen LogP contribution is -2.35. The summed E-state index contributed by atoms with van der Waals surface area (Å²) in [5.41, 5.74) is 1.69. The van der Waals surface area contributed by atoms with Crippen LogP contribution < -0.4 is 16.0 Å². The molecule has 18 heavy (non-hydrogen) atoms. The number of halogens is 1. The van der Waals surface area contributed by atoms with Crippen LogP contribution in [0.4, 0.5) is 10.5 Å². The first kappa shape index (κ1) is 14.8. The molecule has 5 heteroatoms. The lowest BCUT2D eigenvalue weighted by atomic mass is 10.2. The second-order valence-electron chi connectivity index (χ2n) is 4.46. The molecule has 0 fully saturated rings. The fourth-order valence-corrected chi connectivity index (χ4v) is 1.71. The summed E-state index contributed by atoms with van der Waals surface area (Å²) in [6, 6.07) is 5.24. The van der Waals surface area contributed by atoms with Gasteiger partial charge in [-0.2, -0.15) is 0 Å². The van der Waals surface area contributed by atoms with E-state index in [4.69, 9.17) is 11.6 Å². The van der Waals surface area contributed by atoms with Gasteiger partial charge < -0.3 is 16.0 Å². The molecule has 1 rings (SSSR count). The maximum Gasteiger partial charge on any atom is 0.319 e. The molecule has 0 aromatic heterocycles. The van der Waals surface area contributed by atoms with E-state index in [-0.39, 0.29) is 6.03 Å². The van der Waals surface area contributed by atoms with Crippen molar-refractivity contribution < 1.29 is 4.79 Å². The van der Waals surface area contributed by atoms with Crippen molar-refractivity contribution in [3.05, 3.63) is 28.8 Å². The van der Waals surface area contributed by atoms with Crippen molar-refractivity contribution in [2.24, 2.45) is 5.92 Å². The predicted octanol–water partition coefficient (Wildman–Crippen LogP) is 2.63. The van der Waals surface area contributed by atoms with Crippen LogP contribution in [0.3, 0.4) is 0 Å². The van der Waals surface area contributed by atoms with Crippen LogP contribution in [0.25, 0.3) is 0 Å². The zero-order valence-electron chi connectivity index (χ0n) is 11.0. The minimum atomic E-state index is -0.210. The molecule has 100 valence electrons. The molecule has 1 aromatic carbocycles. The monoisotopic (exact) mass is 269 g/mol. The van der Waals surface area contributed by atoms with Gasteiger partial charge in [0.2, 0.25) is 0 Å². The molecule has 0 saturated carbocycles. The summed E-state index contributed by atoms with van der Waals surface area (Å²) in [7, 11) is 1.89. The van der Waals surface area contributed by atoms with Crippen LogP contribution in [0.1, 0.15) is 12.5 Å². The lowest BCUT2D eigenvalue weighted by Gasteiger charge is -2.13. The first-order chi connectivity index (χ1) is 8.52. The smallest absolute Gasteiger partial charge is 0.319 e. The largest absolute Gasteiger partial charge is 0.338 e. The number of aryl methyl sites for hydroxylation is 1. The van der Waals surface area contributed by atoms with Gasteiger partial charge in [0.25, 0.3) is 0 Å². The number of amides is 2. The van der Waals surface area contributed by atoms with Gasteiger partial charge in [0.1, 0.15) is 0 Å². The summed E-state index contributed by atoms with van der Waals surface area (Å²) < 4.78 is 0. The maximum absolute atomic E-state index is 11.6. The standard InChI is InChI=1S/C13H20ClN3O/c1-9(7-15-3)8-16-13(18)17-11-5-4-10(2)12(14)6-11/h4-6,9,15H,7-8H2,1-3H3,(H2,16,17,18). The first-order valence-electron chi connectivity index (χ1n) is 5.98. The Kier molecular flexibility index (Phi) is 5.95. The average molecular weight is 270 g/mol. The Morgan fingerprint density at radius 3 is 2.72 bits per heavy atom. The van der Waals surface area contributed by atoms with Crippen LogP contribution in [0.2, 0.25) is 5.02 Å². The van der Waals surface area contributed by atoms with Crippen LogP contribution in [0, 0.1) is 12.8 Å². The van der Waals surface area contributed by atoms with Gasteiger partial charge >= 0.3 is 6.03 Å². The highest BCUT2D eigenvalue weighted by molar-refractivity contribution is 6.31. The number of rotatable bonds is 5. The van der Waals surface area contributed by atoms with Crippen molar-refractivity contribution in [1.82, 2.24) is 10.6 Å². The van der Waals surface area contributed by atoms with Gasteiger partial charge in [-0.05, 0) is 44.1 Å². The normalized spacial score (nSPS) is 12.0. The molecule has 0 radical (unpaired) electrons. The number of urea groups is 1. The van der Waals surface area contributed by atoms with Crippen LogP contribution in [0.5, 0.6) is 0 Å². The second-order valence-corrected chi connectivity index (χ2v) is 4.87. The Labute approximate surface area is 113 Å². The molecule has 1 aromatic rings. The molecule has 2 amide bonds. The molecule has 0 saturated heterocycles. The Hall–Kier alpha value is -1.26. The van der Waals surface area contributed by atoms with E-state index in [0.717, 1.165) is 12.1 Å². The molecular formula is C13H20ClN3O. The van der Waals surface area contributed by atoms with E-state index in [1.54, 1.807) is 6.07 Å². The van der Waals surface area contributed by atoms with Gasteiger partial charge in [-0.1, -0.05) is 24.6 Å². The van der Waals surface area contributed by atoms with E-state index >= 15 is 0 Å². The minimum Gasteiger partial charge on any atom is -0.338 e. The third kappa shape index (κ3) is 4.94. The maximum atomic E-state index is 11.6. The Morgan fingerprint density at radius 1 is 1.39 bits per heavy atom. The van der Waals surface area contributed by atoms with E-state index in [0.29, 0.717) is 23.2 Å². The van der Waals surface area contributed by atoms with Gasteiger partial charge in [-0.3, -0.25) is 0 Å². The summed E-state index contributed by atoms with van der Waals surface area (Å²) in [4.78, 5) is 11.6. The lowest BCUT2D eigenvalue weighted by molar-refractivity contribution is 0.250. The van der Waals surface area contributed by atoms with Crippen molar-refractivity contribution >= 4 is 23.3 Å². The third-order valence-electron chi connectivity index (χ3n) is 2.59. The highest BCUT2D eigenvalue weighted by Gasteiger charge is 2.05. The van der Waals surface area contributed by atoms with Crippen LogP contribution >= 0.6 is 11.6 Å². The Balaban J connectivity index is 2.42. The van der Waals surface area contributed by atoms with E-state index in [2.05, 4.69) is 22.9 Å². The third-order valence-corrected chi connectivity index (χ3v) is 3.00. The van der Waals surface area contributed by atoms with Gasteiger partial charge in [0.05, 0.1) is 0 Å². The molecule has 1 atom stereocenters. The highest BCUT2D eigenvalue weighted by Crippen LogP contribution is 2.19. The molecular weight excluding hydrogens is 250 g/mol. The van der Waals surface area contributed by atoms with Gasteiger partial charge in [0, 0.05) is 17.3 Å². The molecule has 0 heterocycles. The minimum absolute atomic E-state index is 0.210. The molecule has 0 aliphatic heterocycles. The van der Waals surface area contributed by atoms with E-state index in [9.17, 15) is 4.79 Å². The van der Waals surface area contributed by atoms with Crippen LogP contribution in [-0.4, -0.2) is 26.2 Å². The number of benzene rings is 1. The second kappa shape index (κ2) is 7.24. The van der Waals surface area contributed by atoms with Crippen molar-refractivity contribution in [1.29, 1.82) is 0 Å². The topological polar surface area (TPSA) is 53.2 Å². The summed E-state index contributed by atoms with van der Waals surface area (Å²) in [6.45, 7) is 5.49. The summed E-state index contributed by atoms with van der Waals surface area (Å²) >= 11 is 5.99. The number of anilines is 1. The molecule has 0 aliphatic rings. The van der Waals surface area contributed by atoms with Crippen LogP contribution in [-0.2, 0) is 0 Å². The predicted molar refractivity (Wildman–Crippen MR) is 76.3 cm³/mol. The number of nitrogens with one attached hydrogen (secondary N) is 3. The van der Waals surface area contributed by atoms with Gasteiger partial charge in [0.15, 0.2) is 0 Å². The van der Waals surface area contributed by atoms with Gasteiger partial charge in [-0.15, -0.1) is 0 Å². The Morgan fingerprint density at radius 2 is 2.11 bits per heavy atom. The van der Waals surface area contributed by atoms with Crippen molar-refractivity contribution in [3.8, 4) is 0 Å². The van der Waals surface area contributed by atoms with Crippen molar-refractivity contribution in [2.45, 2.75) is 13.8 Å². The molecule has 0 aliphatic carbocycles. The highest BCUT2D eigenvalue weighted by atomic mass is 35.5. The number of hydrogen-bond acceptors (Lipinski definition) is 2. The van der Waals surface area contributed by atoms with Crippen LogP contribution in [0.15, 0.2) is 18.2 Å². The van der Waals surface area contributed by atoms with Crippen molar-refractivity contribution in [2.75, 3.05) is 25.5 Å². The Bertz CT molecular complexity index is 409. The van der Waals surface area contributed by atoms with Crippen molar-refractivity contribution in [3.63, 3.8) is 0 Å². The molecule has 3 N–H and O–H groups in total. The first-order valence-corrected chi connectivity index (χ1v) is 6.36. The fraction of sp³-hybridized carbons (Fsp3) is 0.462.